The minimum atomic E-state index is 0.224. The Kier molecular flexibility index (Phi) is 6.32. The maximum Gasteiger partial charge on any atom is 0.00967 e. The van der Waals surface area contributed by atoms with E-state index in [4.69, 9.17) is 0 Å². The summed E-state index contributed by atoms with van der Waals surface area (Å²) in [5, 5.41) is 3.70. The van der Waals surface area contributed by atoms with E-state index in [0.29, 0.717) is 5.41 Å². The van der Waals surface area contributed by atoms with Gasteiger partial charge < -0.3 is 10.2 Å². The molecule has 1 fully saturated rings. The van der Waals surface area contributed by atoms with Crippen molar-refractivity contribution < 1.29 is 0 Å². The first-order valence-corrected chi connectivity index (χ1v) is 8.25. The summed E-state index contributed by atoms with van der Waals surface area (Å²) >= 11 is 0. The largest absolute Gasteiger partial charge is 0.311 e. The van der Waals surface area contributed by atoms with Crippen molar-refractivity contribution in [3.8, 4) is 0 Å². The van der Waals surface area contributed by atoms with Crippen LogP contribution in [0.4, 0.5) is 0 Å². The summed E-state index contributed by atoms with van der Waals surface area (Å²) in [6.45, 7) is 18.7. The molecule has 0 aromatic heterocycles. The second kappa shape index (κ2) is 7.08. The zero-order valence-corrected chi connectivity index (χ0v) is 14.2. The summed E-state index contributed by atoms with van der Waals surface area (Å²) in [4.78, 5) is 2.68. The molecular formula is C17H36N2. The van der Waals surface area contributed by atoms with Crippen LogP contribution in [-0.4, -0.2) is 36.6 Å². The van der Waals surface area contributed by atoms with Gasteiger partial charge in [0.15, 0.2) is 0 Å². The molecule has 1 saturated carbocycles. The van der Waals surface area contributed by atoms with Crippen LogP contribution in [0.25, 0.3) is 0 Å². The highest BCUT2D eigenvalue weighted by atomic mass is 15.1. The van der Waals surface area contributed by atoms with Crippen molar-refractivity contribution in [2.75, 3.05) is 26.2 Å². The van der Waals surface area contributed by atoms with Crippen LogP contribution in [-0.2, 0) is 0 Å². The molecule has 0 aromatic rings. The first kappa shape index (κ1) is 17.0. The molecule has 0 amide bonds. The molecule has 2 heteroatoms. The summed E-state index contributed by atoms with van der Waals surface area (Å²) in [6, 6.07) is 0. The van der Waals surface area contributed by atoms with Gasteiger partial charge in [-0.25, -0.2) is 0 Å². The standard InChI is InChI=1S/C17H36N2/c1-7-17(6,13-18-16(3,4)5)14-19(8-2)12-15-10-9-11-15/h15,18H,7-14H2,1-6H3. The quantitative estimate of drug-likeness (QED) is 0.718. The van der Waals surface area contributed by atoms with Gasteiger partial charge in [0, 0.05) is 25.2 Å². The maximum atomic E-state index is 3.70. The lowest BCUT2D eigenvalue weighted by Gasteiger charge is -2.39. The fraction of sp³-hybridized carbons (Fsp3) is 1.00. The van der Waals surface area contributed by atoms with Crippen molar-refractivity contribution in [2.24, 2.45) is 11.3 Å². The smallest absolute Gasteiger partial charge is 0.00967 e. The highest BCUT2D eigenvalue weighted by Gasteiger charge is 2.28. The zero-order chi connectivity index (χ0) is 14.5. The number of nitrogens with one attached hydrogen (secondary N) is 1. The van der Waals surface area contributed by atoms with Crippen molar-refractivity contribution in [1.29, 1.82) is 0 Å². The van der Waals surface area contributed by atoms with Crippen molar-refractivity contribution >= 4 is 0 Å². The molecule has 1 N–H and O–H groups in total. The molecule has 114 valence electrons. The summed E-state index contributed by atoms with van der Waals surface area (Å²) in [5.74, 6) is 0.983. The molecule has 0 radical (unpaired) electrons. The molecule has 1 atom stereocenters. The van der Waals surface area contributed by atoms with E-state index in [1.165, 1.54) is 45.3 Å². The Morgan fingerprint density at radius 3 is 2.11 bits per heavy atom. The summed E-state index contributed by atoms with van der Waals surface area (Å²) in [7, 11) is 0. The van der Waals surface area contributed by atoms with Gasteiger partial charge in [-0.15, -0.1) is 0 Å². The Morgan fingerprint density at radius 1 is 1.11 bits per heavy atom. The monoisotopic (exact) mass is 268 g/mol. The van der Waals surface area contributed by atoms with Gasteiger partial charge in [-0.3, -0.25) is 0 Å². The molecular weight excluding hydrogens is 232 g/mol. The molecule has 1 aliphatic carbocycles. The van der Waals surface area contributed by atoms with Crippen molar-refractivity contribution in [3.05, 3.63) is 0 Å². The average molecular weight is 268 g/mol. The Morgan fingerprint density at radius 2 is 1.74 bits per heavy atom. The molecule has 0 saturated heterocycles. The molecule has 0 aliphatic heterocycles. The van der Waals surface area contributed by atoms with Crippen molar-refractivity contribution in [2.45, 2.75) is 72.8 Å². The van der Waals surface area contributed by atoms with E-state index in [0.717, 1.165) is 12.5 Å². The average Bonchev–Trinajstić information content (AvgIpc) is 2.29. The van der Waals surface area contributed by atoms with Gasteiger partial charge >= 0.3 is 0 Å². The van der Waals surface area contributed by atoms with E-state index in [2.05, 4.69) is 51.8 Å². The fourth-order valence-corrected chi connectivity index (χ4v) is 2.66. The van der Waals surface area contributed by atoms with Crippen LogP contribution in [0.2, 0.25) is 0 Å². The zero-order valence-electron chi connectivity index (χ0n) is 14.2. The Bertz CT molecular complexity index is 252. The molecule has 1 aliphatic rings. The van der Waals surface area contributed by atoms with Gasteiger partial charge in [0.05, 0.1) is 0 Å². The molecule has 2 nitrogen and oxygen atoms in total. The van der Waals surface area contributed by atoms with Crippen molar-refractivity contribution in [3.63, 3.8) is 0 Å². The van der Waals surface area contributed by atoms with E-state index in [9.17, 15) is 0 Å². The molecule has 1 unspecified atom stereocenters. The van der Waals surface area contributed by atoms with E-state index in [-0.39, 0.29) is 5.54 Å². The minimum absolute atomic E-state index is 0.224. The van der Waals surface area contributed by atoms with Gasteiger partial charge in [-0.2, -0.15) is 0 Å². The van der Waals surface area contributed by atoms with Crippen LogP contribution in [0.3, 0.4) is 0 Å². The molecule has 19 heavy (non-hydrogen) atoms. The summed E-state index contributed by atoms with van der Waals surface area (Å²) in [6.07, 6.45) is 5.62. The van der Waals surface area contributed by atoms with Crippen LogP contribution in [0.1, 0.15) is 67.2 Å². The third-order valence-electron chi connectivity index (χ3n) is 4.69. The summed E-state index contributed by atoms with van der Waals surface area (Å²) in [5.41, 5.74) is 0.620. The highest BCUT2D eigenvalue weighted by molar-refractivity contribution is 4.84. The topological polar surface area (TPSA) is 15.3 Å². The second-order valence-electron chi connectivity index (χ2n) is 7.89. The van der Waals surface area contributed by atoms with Crippen LogP contribution in [0.5, 0.6) is 0 Å². The molecule has 1 rings (SSSR count). The Balaban J connectivity index is 2.46. The lowest BCUT2D eigenvalue weighted by atomic mass is 9.83. The van der Waals surface area contributed by atoms with E-state index in [1.807, 2.05) is 0 Å². The third-order valence-corrected chi connectivity index (χ3v) is 4.69. The van der Waals surface area contributed by atoms with Gasteiger partial charge in [-0.1, -0.05) is 27.2 Å². The van der Waals surface area contributed by atoms with Crippen LogP contribution < -0.4 is 5.32 Å². The Hall–Kier alpha value is -0.0800. The number of rotatable bonds is 8. The predicted octanol–water partition coefficient (Wildman–Crippen LogP) is 3.91. The lowest BCUT2D eigenvalue weighted by molar-refractivity contribution is 0.115. The van der Waals surface area contributed by atoms with Gasteiger partial charge in [0.25, 0.3) is 0 Å². The first-order valence-electron chi connectivity index (χ1n) is 8.25. The van der Waals surface area contributed by atoms with E-state index < -0.39 is 0 Å². The lowest BCUT2D eigenvalue weighted by Crippen LogP contribution is -2.48. The predicted molar refractivity (Wildman–Crippen MR) is 85.6 cm³/mol. The molecule has 0 spiro atoms. The van der Waals surface area contributed by atoms with Crippen LogP contribution in [0, 0.1) is 11.3 Å². The number of hydrogen-bond donors (Lipinski definition) is 1. The number of hydrogen-bond acceptors (Lipinski definition) is 2. The number of nitrogens with zero attached hydrogens (tertiary/aromatic N) is 1. The summed E-state index contributed by atoms with van der Waals surface area (Å²) < 4.78 is 0. The molecule has 0 bridgehead atoms. The van der Waals surface area contributed by atoms with E-state index >= 15 is 0 Å². The van der Waals surface area contributed by atoms with Gasteiger partial charge in [-0.05, 0) is 57.9 Å². The second-order valence-corrected chi connectivity index (χ2v) is 7.89. The van der Waals surface area contributed by atoms with Crippen LogP contribution >= 0.6 is 0 Å². The van der Waals surface area contributed by atoms with Gasteiger partial charge in [0.1, 0.15) is 0 Å². The van der Waals surface area contributed by atoms with Gasteiger partial charge in [0.2, 0.25) is 0 Å². The Labute approximate surface area is 121 Å². The normalized spacial score (nSPS) is 20.4. The maximum absolute atomic E-state index is 3.70. The SMILES string of the molecule is CCN(CC1CCC1)CC(C)(CC)CNC(C)(C)C. The van der Waals surface area contributed by atoms with Crippen molar-refractivity contribution in [1.82, 2.24) is 10.2 Å². The van der Waals surface area contributed by atoms with Crippen LogP contribution in [0.15, 0.2) is 0 Å². The minimum Gasteiger partial charge on any atom is -0.311 e. The fourth-order valence-electron chi connectivity index (χ4n) is 2.66. The third kappa shape index (κ3) is 6.27. The van der Waals surface area contributed by atoms with E-state index in [1.54, 1.807) is 0 Å². The first-order chi connectivity index (χ1) is 8.78. The molecule has 0 heterocycles. The highest BCUT2D eigenvalue weighted by Crippen LogP contribution is 2.29. The molecule has 0 aromatic carbocycles.